The third-order valence-corrected chi connectivity index (χ3v) is 5.46. The Labute approximate surface area is 185 Å². The molecule has 156 valence electrons. The molecule has 0 bridgehead atoms. The zero-order chi connectivity index (χ0) is 19.1. The molecule has 1 saturated heterocycles. The van der Waals surface area contributed by atoms with Gasteiger partial charge in [0.15, 0.2) is 5.96 Å². The van der Waals surface area contributed by atoms with Crippen LogP contribution in [0.4, 0.5) is 0 Å². The van der Waals surface area contributed by atoms with Crippen LogP contribution >= 0.6 is 24.0 Å². The Morgan fingerprint density at radius 2 is 1.89 bits per heavy atom. The molecule has 1 aliphatic carbocycles. The van der Waals surface area contributed by atoms with E-state index in [2.05, 4.69) is 26.6 Å². The molecule has 1 aromatic carbocycles. The quantitative estimate of drug-likeness (QED) is 0.343. The van der Waals surface area contributed by atoms with Crippen molar-refractivity contribution in [3.05, 3.63) is 29.8 Å². The molecule has 1 saturated carbocycles. The number of hydrogen-bond donors (Lipinski definition) is 2. The molecule has 0 aromatic heterocycles. The van der Waals surface area contributed by atoms with Crippen LogP contribution in [0.5, 0.6) is 5.75 Å². The maximum absolute atomic E-state index is 11.6. The number of carbonyl (C=O) groups is 1. The van der Waals surface area contributed by atoms with Gasteiger partial charge in [0, 0.05) is 45.7 Å². The SMILES string of the molecule is CN=C(NCc1ccccc1OCC1CC1)N1CCC(CC(=O)NC)CC1.I. The van der Waals surface area contributed by atoms with E-state index in [0.717, 1.165) is 55.7 Å². The molecular weight excluding hydrogens is 467 g/mol. The molecule has 0 unspecified atom stereocenters. The molecule has 2 aliphatic rings. The lowest BCUT2D eigenvalue weighted by atomic mass is 9.93. The number of carbonyl (C=O) groups excluding carboxylic acids is 1. The van der Waals surface area contributed by atoms with E-state index in [-0.39, 0.29) is 29.9 Å². The number of likely N-dealkylation sites (tertiary alicyclic amines) is 1. The molecule has 2 N–H and O–H groups in total. The second-order valence-electron chi connectivity index (χ2n) is 7.57. The van der Waals surface area contributed by atoms with Crippen molar-refractivity contribution in [2.45, 2.75) is 38.6 Å². The van der Waals surface area contributed by atoms with Crippen LogP contribution in [0.3, 0.4) is 0 Å². The number of nitrogens with one attached hydrogen (secondary N) is 2. The highest BCUT2D eigenvalue weighted by molar-refractivity contribution is 14.0. The summed E-state index contributed by atoms with van der Waals surface area (Å²) in [6.45, 7) is 3.39. The summed E-state index contributed by atoms with van der Waals surface area (Å²) in [7, 11) is 3.53. The van der Waals surface area contributed by atoms with Crippen molar-refractivity contribution in [1.29, 1.82) is 0 Å². The van der Waals surface area contributed by atoms with E-state index in [4.69, 9.17) is 4.74 Å². The maximum Gasteiger partial charge on any atom is 0.220 e. The van der Waals surface area contributed by atoms with Gasteiger partial charge in [-0.3, -0.25) is 9.79 Å². The number of piperidine rings is 1. The predicted molar refractivity (Wildman–Crippen MR) is 123 cm³/mol. The monoisotopic (exact) mass is 500 g/mol. The van der Waals surface area contributed by atoms with Crippen LogP contribution in [0.15, 0.2) is 29.3 Å². The lowest BCUT2D eigenvalue weighted by molar-refractivity contribution is -0.121. The van der Waals surface area contributed by atoms with Crippen LogP contribution < -0.4 is 15.4 Å². The van der Waals surface area contributed by atoms with E-state index in [9.17, 15) is 4.79 Å². The fourth-order valence-electron chi connectivity index (χ4n) is 3.50. The van der Waals surface area contributed by atoms with Crippen molar-refractivity contribution in [1.82, 2.24) is 15.5 Å². The molecule has 0 spiro atoms. The first-order chi connectivity index (χ1) is 13.2. The van der Waals surface area contributed by atoms with Crippen LogP contribution in [0.25, 0.3) is 0 Å². The summed E-state index contributed by atoms with van der Waals surface area (Å²) in [5.74, 6) is 3.24. The number of rotatable bonds is 7. The maximum atomic E-state index is 11.6. The minimum absolute atomic E-state index is 0. The van der Waals surface area contributed by atoms with E-state index in [0.29, 0.717) is 18.9 Å². The van der Waals surface area contributed by atoms with Crippen molar-refractivity contribution in [3.8, 4) is 5.75 Å². The fraction of sp³-hybridized carbons (Fsp3) is 0.619. The minimum atomic E-state index is 0. The molecule has 0 radical (unpaired) electrons. The van der Waals surface area contributed by atoms with E-state index in [1.165, 1.54) is 12.8 Å². The molecule has 1 aliphatic heterocycles. The van der Waals surface area contributed by atoms with Gasteiger partial charge in [-0.05, 0) is 43.6 Å². The summed E-state index contributed by atoms with van der Waals surface area (Å²) in [6.07, 6.45) is 5.26. The molecular formula is C21H33IN4O2. The molecule has 7 heteroatoms. The number of aliphatic imine (C=N–C) groups is 1. The first kappa shape index (κ1) is 22.8. The highest BCUT2D eigenvalue weighted by Crippen LogP contribution is 2.30. The number of hydrogen-bond acceptors (Lipinski definition) is 3. The highest BCUT2D eigenvalue weighted by Gasteiger charge is 2.24. The minimum Gasteiger partial charge on any atom is -0.493 e. The lowest BCUT2D eigenvalue weighted by Gasteiger charge is -2.34. The van der Waals surface area contributed by atoms with Gasteiger partial charge in [-0.25, -0.2) is 0 Å². The summed E-state index contributed by atoms with van der Waals surface area (Å²) < 4.78 is 6.00. The number of ether oxygens (including phenoxy) is 1. The molecule has 1 amide bonds. The van der Waals surface area contributed by atoms with Crippen molar-refractivity contribution < 1.29 is 9.53 Å². The number of guanidine groups is 1. The van der Waals surface area contributed by atoms with Gasteiger partial charge in [-0.15, -0.1) is 24.0 Å². The highest BCUT2D eigenvalue weighted by atomic mass is 127. The predicted octanol–water partition coefficient (Wildman–Crippen LogP) is 3.02. The summed E-state index contributed by atoms with van der Waals surface area (Å²) in [6, 6.07) is 8.23. The standard InChI is InChI=1S/C21H32N4O2.HI/c1-22-20(26)13-16-9-11-25(12-10-16)21(23-2)24-14-18-5-3-4-6-19(18)27-15-17-7-8-17;/h3-6,16-17H,7-15H2,1-2H3,(H,22,26)(H,23,24);1H. The zero-order valence-corrected chi connectivity index (χ0v) is 19.3. The van der Waals surface area contributed by atoms with Gasteiger partial charge < -0.3 is 20.3 Å². The Morgan fingerprint density at radius 3 is 2.54 bits per heavy atom. The molecule has 28 heavy (non-hydrogen) atoms. The Balaban J connectivity index is 0.00000280. The number of nitrogens with zero attached hydrogens (tertiary/aromatic N) is 2. The van der Waals surface area contributed by atoms with Crippen LogP contribution in [0.2, 0.25) is 0 Å². The Bertz CT molecular complexity index is 656. The first-order valence-corrected chi connectivity index (χ1v) is 10.1. The smallest absolute Gasteiger partial charge is 0.220 e. The van der Waals surface area contributed by atoms with E-state index in [1.54, 1.807) is 7.05 Å². The third-order valence-electron chi connectivity index (χ3n) is 5.46. The van der Waals surface area contributed by atoms with E-state index in [1.807, 2.05) is 25.2 Å². The average Bonchev–Trinajstić information content (AvgIpc) is 3.53. The Hall–Kier alpha value is -1.51. The van der Waals surface area contributed by atoms with Crippen LogP contribution in [-0.4, -0.2) is 50.6 Å². The number of benzene rings is 1. The number of halogens is 1. The summed E-state index contributed by atoms with van der Waals surface area (Å²) >= 11 is 0. The van der Waals surface area contributed by atoms with E-state index < -0.39 is 0 Å². The summed E-state index contributed by atoms with van der Waals surface area (Å²) in [4.78, 5) is 18.3. The van der Waals surface area contributed by atoms with Crippen molar-refractivity contribution in [3.63, 3.8) is 0 Å². The summed E-state index contributed by atoms with van der Waals surface area (Å²) in [5.41, 5.74) is 1.16. The second kappa shape index (κ2) is 11.5. The molecule has 0 atom stereocenters. The molecule has 1 aromatic rings. The topological polar surface area (TPSA) is 66.0 Å². The van der Waals surface area contributed by atoms with E-state index >= 15 is 0 Å². The number of para-hydroxylation sites is 1. The van der Waals surface area contributed by atoms with Gasteiger partial charge in [0.2, 0.25) is 5.91 Å². The van der Waals surface area contributed by atoms with Crippen molar-refractivity contribution in [2.75, 3.05) is 33.8 Å². The van der Waals surface area contributed by atoms with Crippen molar-refractivity contribution in [2.24, 2.45) is 16.8 Å². The summed E-state index contributed by atoms with van der Waals surface area (Å²) in [5, 5.41) is 6.20. The molecule has 2 fully saturated rings. The molecule has 1 heterocycles. The Kier molecular flexibility index (Phi) is 9.34. The van der Waals surface area contributed by atoms with Crippen LogP contribution in [-0.2, 0) is 11.3 Å². The molecule has 3 rings (SSSR count). The third kappa shape index (κ3) is 6.83. The fourth-order valence-corrected chi connectivity index (χ4v) is 3.50. The molecule has 6 nitrogen and oxygen atoms in total. The Morgan fingerprint density at radius 1 is 1.18 bits per heavy atom. The zero-order valence-electron chi connectivity index (χ0n) is 16.9. The van der Waals surface area contributed by atoms with Crippen LogP contribution in [0, 0.1) is 11.8 Å². The van der Waals surface area contributed by atoms with Gasteiger partial charge in [-0.2, -0.15) is 0 Å². The van der Waals surface area contributed by atoms with Gasteiger partial charge >= 0.3 is 0 Å². The largest absolute Gasteiger partial charge is 0.493 e. The lowest BCUT2D eigenvalue weighted by Crippen LogP contribution is -2.45. The second-order valence-corrected chi connectivity index (χ2v) is 7.57. The first-order valence-electron chi connectivity index (χ1n) is 10.1. The van der Waals surface area contributed by atoms with Crippen molar-refractivity contribution >= 4 is 35.8 Å². The van der Waals surface area contributed by atoms with Gasteiger partial charge in [0.05, 0.1) is 6.61 Å². The number of amides is 1. The van der Waals surface area contributed by atoms with Gasteiger partial charge in [0.25, 0.3) is 0 Å². The normalized spacial score (nSPS) is 17.6. The van der Waals surface area contributed by atoms with Gasteiger partial charge in [0.1, 0.15) is 5.75 Å². The van der Waals surface area contributed by atoms with Gasteiger partial charge in [-0.1, -0.05) is 18.2 Å². The van der Waals surface area contributed by atoms with Crippen LogP contribution in [0.1, 0.15) is 37.7 Å². The average molecular weight is 500 g/mol.